The highest BCUT2D eigenvalue weighted by atomic mass is 16.1. The smallest absolute Gasteiger partial charge is 0.251 e. The molecule has 9 nitrogen and oxygen atoms in total. The summed E-state index contributed by atoms with van der Waals surface area (Å²) in [6.07, 6.45) is 1.05. The molecule has 2 aromatic rings. The molecule has 0 bridgehead atoms. The molecule has 3 rings (SSSR count). The normalized spacial score (nSPS) is 16.6. The van der Waals surface area contributed by atoms with Crippen molar-refractivity contribution in [2.75, 3.05) is 49.3 Å². The number of hydrogen-bond acceptors (Lipinski definition) is 8. The summed E-state index contributed by atoms with van der Waals surface area (Å²) in [5.41, 5.74) is 2.45. The summed E-state index contributed by atoms with van der Waals surface area (Å²) in [5.74, 6) is 1.48. The zero-order valence-corrected chi connectivity index (χ0v) is 21.9. The largest absolute Gasteiger partial charge is 0.355 e. The van der Waals surface area contributed by atoms with Crippen molar-refractivity contribution in [1.82, 2.24) is 25.2 Å². The number of likely N-dealkylation sites (tertiary alicyclic amines) is 1. The Morgan fingerprint density at radius 1 is 1.21 bits per heavy atom. The first-order chi connectivity index (χ1) is 15.9. The van der Waals surface area contributed by atoms with E-state index in [1.165, 1.54) is 0 Å². The second kappa shape index (κ2) is 10.5. The minimum atomic E-state index is -0.136. The van der Waals surface area contributed by atoms with E-state index in [0.717, 1.165) is 37.3 Å². The van der Waals surface area contributed by atoms with E-state index < -0.39 is 0 Å². The number of amides is 1. The maximum absolute atomic E-state index is 12.1. The molecule has 1 atom stereocenters. The fraction of sp³-hybridized carbons (Fsp3) is 0.600. The van der Waals surface area contributed by atoms with Gasteiger partial charge in [-0.05, 0) is 50.3 Å². The summed E-state index contributed by atoms with van der Waals surface area (Å²) in [7, 11) is 3.63. The summed E-state index contributed by atoms with van der Waals surface area (Å²) in [4.78, 5) is 30.8. The molecule has 1 aromatic heterocycles. The number of nitrogens with zero attached hydrogens (tertiary/aromatic N) is 5. The van der Waals surface area contributed by atoms with E-state index in [4.69, 9.17) is 9.97 Å². The topological polar surface area (TPSA) is 98.3 Å². The number of aryl methyl sites for hydroxylation is 1. The van der Waals surface area contributed by atoms with Crippen molar-refractivity contribution < 1.29 is 4.79 Å². The first kappa shape index (κ1) is 25.7. The van der Waals surface area contributed by atoms with Gasteiger partial charge in [0.25, 0.3) is 5.91 Å². The molecule has 9 heteroatoms. The van der Waals surface area contributed by atoms with Gasteiger partial charge >= 0.3 is 0 Å². The van der Waals surface area contributed by atoms with Crippen LogP contribution in [0.15, 0.2) is 18.2 Å². The van der Waals surface area contributed by atoms with Gasteiger partial charge < -0.3 is 20.9 Å². The molecule has 1 aromatic carbocycles. The molecule has 1 fully saturated rings. The van der Waals surface area contributed by atoms with Gasteiger partial charge in [-0.2, -0.15) is 15.0 Å². The summed E-state index contributed by atoms with van der Waals surface area (Å²) in [6.45, 7) is 15.8. The molecule has 0 unspecified atom stereocenters. The zero-order chi connectivity index (χ0) is 25.0. The van der Waals surface area contributed by atoms with Crippen molar-refractivity contribution >= 4 is 29.4 Å². The minimum Gasteiger partial charge on any atom is -0.355 e. The van der Waals surface area contributed by atoms with Crippen molar-refractivity contribution in [3.05, 3.63) is 29.3 Å². The number of carbonyl (C=O) groups is 1. The molecular weight excluding hydrogens is 428 g/mol. The molecule has 34 heavy (non-hydrogen) atoms. The summed E-state index contributed by atoms with van der Waals surface area (Å²) < 4.78 is 0. The van der Waals surface area contributed by atoms with Crippen LogP contribution in [0, 0.1) is 12.3 Å². The standard InChI is InChI=1S/C25H40N8O/c1-16(2)33-12-11-19(14-33)27-22-29-23(31-24(30-22)32(8)15-25(4,5)6)28-20-13-18(21(34)26-7)10-9-17(20)3/h9-10,13,16,19H,11-12,14-15H2,1-8H3,(H,26,34)(H2,27,28,29,30,31)/t19-/m1/s1. The van der Waals surface area contributed by atoms with Crippen LogP contribution in [0.4, 0.5) is 23.5 Å². The molecule has 0 spiro atoms. The maximum atomic E-state index is 12.1. The predicted octanol–water partition coefficient (Wildman–Crippen LogP) is 3.66. The van der Waals surface area contributed by atoms with E-state index in [0.29, 0.717) is 29.5 Å². The lowest BCUT2D eigenvalue weighted by Crippen LogP contribution is -2.32. The van der Waals surface area contributed by atoms with Gasteiger partial charge in [-0.1, -0.05) is 26.8 Å². The quantitative estimate of drug-likeness (QED) is 0.540. The van der Waals surface area contributed by atoms with Crippen LogP contribution >= 0.6 is 0 Å². The summed E-state index contributed by atoms with van der Waals surface area (Å²) in [5, 5.41) is 9.52. The molecule has 0 saturated carbocycles. The highest BCUT2D eigenvalue weighted by Crippen LogP contribution is 2.24. The van der Waals surface area contributed by atoms with Crippen LogP contribution in [0.3, 0.4) is 0 Å². The number of hydrogen-bond donors (Lipinski definition) is 3. The van der Waals surface area contributed by atoms with Gasteiger partial charge in [-0.15, -0.1) is 0 Å². The Hall–Kier alpha value is -2.94. The molecule has 1 aliphatic heterocycles. The van der Waals surface area contributed by atoms with E-state index in [2.05, 4.69) is 65.4 Å². The highest BCUT2D eigenvalue weighted by molar-refractivity contribution is 5.95. The Morgan fingerprint density at radius 2 is 1.91 bits per heavy atom. The van der Waals surface area contributed by atoms with Crippen LogP contribution in [0.2, 0.25) is 0 Å². The van der Waals surface area contributed by atoms with Gasteiger partial charge in [0.05, 0.1) is 0 Å². The Morgan fingerprint density at radius 3 is 2.53 bits per heavy atom. The average Bonchev–Trinajstić information content (AvgIpc) is 3.22. The molecular formula is C25H40N8O. The summed E-state index contributed by atoms with van der Waals surface area (Å²) in [6, 6.07) is 6.35. The first-order valence-electron chi connectivity index (χ1n) is 12.0. The monoisotopic (exact) mass is 468 g/mol. The predicted molar refractivity (Wildman–Crippen MR) is 139 cm³/mol. The lowest BCUT2D eigenvalue weighted by atomic mass is 9.96. The van der Waals surface area contributed by atoms with Crippen molar-refractivity contribution in [2.45, 2.75) is 60.0 Å². The van der Waals surface area contributed by atoms with Crippen LogP contribution in [-0.2, 0) is 0 Å². The number of benzene rings is 1. The SMILES string of the molecule is CNC(=O)c1ccc(C)c(Nc2nc(N[C@@H]3CCN(C(C)C)C3)nc(N(C)CC(C)(C)C)n2)c1. The Labute approximate surface area is 203 Å². The van der Waals surface area contributed by atoms with Crippen molar-refractivity contribution in [1.29, 1.82) is 0 Å². The Balaban J connectivity index is 1.90. The van der Waals surface area contributed by atoms with Gasteiger partial charge in [0.2, 0.25) is 17.8 Å². The van der Waals surface area contributed by atoms with E-state index in [1.54, 1.807) is 7.05 Å². The van der Waals surface area contributed by atoms with Crippen LogP contribution in [-0.4, -0.2) is 71.6 Å². The van der Waals surface area contributed by atoms with Crippen molar-refractivity contribution in [3.63, 3.8) is 0 Å². The molecule has 0 aliphatic carbocycles. The number of anilines is 4. The van der Waals surface area contributed by atoms with Crippen LogP contribution in [0.5, 0.6) is 0 Å². The van der Waals surface area contributed by atoms with Gasteiger partial charge in [-0.3, -0.25) is 9.69 Å². The Bertz CT molecular complexity index is 1000. The van der Waals surface area contributed by atoms with Crippen LogP contribution in [0.1, 0.15) is 57.0 Å². The second-order valence-electron chi connectivity index (χ2n) is 10.7. The fourth-order valence-corrected chi connectivity index (χ4v) is 4.16. The molecule has 186 valence electrons. The lowest BCUT2D eigenvalue weighted by Gasteiger charge is -2.27. The third-order valence-electron chi connectivity index (χ3n) is 5.93. The van der Waals surface area contributed by atoms with Crippen molar-refractivity contribution in [3.8, 4) is 0 Å². The number of carbonyl (C=O) groups excluding carboxylic acids is 1. The van der Waals surface area contributed by atoms with E-state index in [1.807, 2.05) is 32.2 Å². The minimum absolute atomic E-state index is 0.0875. The Kier molecular flexibility index (Phi) is 7.97. The maximum Gasteiger partial charge on any atom is 0.251 e. The lowest BCUT2D eigenvalue weighted by molar-refractivity contribution is 0.0963. The first-order valence-corrected chi connectivity index (χ1v) is 12.0. The molecule has 2 heterocycles. The van der Waals surface area contributed by atoms with Gasteiger partial charge in [0.15, 0.2) is 0 Å². The number of aromatic nitrogens is 3. The fourth-order valence-electron chi connectivity index (χ4n) is 4.16. The van der Waals surface area contributed by atoms with E-state index in [9.17, 15) is 4.79 Å². The second-order valence-corrected chi connectivity index (χ2v) is 10.7. The summed E-state index contributed by atoms with van der Waals surface area (Å²) >= 11 is 0. The van der Waals surface area contributed by atoms with Gasteiger partial charge in [0.1, 0.15) is 0 Å². The number of rotatable bonds is 8. The molecule has 3 N–H and O–H groups in total. The average molecular weight is 469 g/mol. The van der Waals surface area contributed by atoms with Crippen LogP contribution < -0.4 is 20.9 Å². The van der Waals surface area contributed by atoms with Crippen LogP contribution in [0.25, 0.3) is 0 Å². The van der Waals surface area contributed by atoms with Crippen molar-refractivity contribution in [2.24, 2.45) is 5.41 Å². The third kappa shape index (κ3) is 6.79. The molecule has 0 radical (unpaired) electrons. The molecule has 1 amide bonds. The molecule has 1 saturated heterocycles. The van der Waals surface area contributed by atoms with Gasteiger partial charge in [-0.25, -0.2) is 0 Å². The molecule has 1 aliphatic rings. The zero-order valence-electron chi connectivity index (χ0n) is 21.9. The van der Waals surface area contributed by atoms with E-state index >= 15 is 0 Å². The highest BCUT2D eigenvalue weighted by Gasteiger charge is 2.25. The number of nitrogens with one attached hydrogen (secondary N) is 3. The van der Waals surface area contributed by atoms with E-state index in [-0.39, 0.29) is 17.4 Å². The third-order valence-corrected chi connectivity index (χ3v) is 5.93. The van der Waals surface area contributed by atoms with Gasteiger partial charge in [0, 0.05) is 57.1 Å².